The van der Waals surface area contributed by atoms with Gasteiger partial charge in [0.15, 0.2) is 5.78 Å². The lowest BCUT2D eigenvalue weighted by Crippen LogP contribution is -2.19. The predicted octanol–water partition coefficient (Wildman–Crippen LogP) is 5.53. The third-order valence-corrected chi connectivity index (χ3v) is 6.17. The molecule has 0 aliphatic rings. The van der Waals surface area contributed by atoms with Crippen LogP contribution in [0.4, 0.5) is 0 Å². The van der Waals surface area contributed by atoms with E-state index < -0.39 is 0 Å². The molecule has 0 fully saturated rings. The third kappa shape index (κ3) is 3.56. The molecule has 0 radical (unpaired) electrons. The summed E-state index contributed by atoms with van der Waals surface area (Å²) in [5.41, 5.74) is 1.76. The van der Waals surface area contributed by atoms with Crippen molar-refractivity contribution in [2.75, 3.05) is 0 Å². The first-order chi connectivity index (χ1) is 9.11. The molecule has 0 amide bonds. The van der Waals surface area contributed by atoms with Crippen LogP contribution in [-0.4, -0.2) is 10.6 Å². The minimum atomic E-state index is -0.311. The van der Waals surface area contributed by atoms with E-state index in [0.29, 0.717) is 5.56 Å². The van der Waals surface area contributed by atoms with Crippen LogP contribution in [0, 0.1) is 0 Å². The molecule has 0 N–H and O–H groups in total. The summed E-state index contributed by atoms with van der Waals surface area (Å²) in [5, 5.41) is 0. The predicted molar refractivity (Wildman–Crippen MR) is 89.3 cm³/mol. The number of carbonyl (C=O) groups is 1. The number of carbonyl (C=O) groups excluding carboxylic acids is 1. The Bertz CT molecular complexity index is 569. The van der Waals surface area contributed by atoms with Crippen LogP contribution in [-0.2, 0) is 0 Å². The number of halogens is 3. The minimum absolute atomic E-state index is 0.0539. The summed E-state index contributed by atoms with van der Waals surface area (Å²) < 4.78 is 0.817. The molecule has 0 saturated heterocycles. The van der Waals surface area contributed by atoms with Gasteiger partial charge in [0.25, 0.3) is 0 Å². The quantitative estimate of drug-likeness (QED) is 0.445. The van der Waals surface area contributed by atoms with E-state index in [1.807, 2.05) is 54.6 Å². The molecule has 2 aromatic carbocycles. The zero-order chi connectivity index (χ0) is 13.8. The second-order valence-corrected chi connectivity index (χ2v) is 6.89. The summed E-state index contributed by atoms with van der Waals surface area (Å²) in [7, 11) is 0. The Labute approximate surface area is 137 Å². The van der Waals surface area contributed by atoms with Gasteiger partial charge in [-0.1, -0.05) is 96.3 Å². The Balaban J connectivity index is 2.23. The molecule has 0 aliphatic heterocycles. The number of Topliss-reactive ketones (excluding diaryl/α,β-unsaturated/α-hetero) is 1. The zero-order valence-electron chi connectivity index (χ0n) is 9.89. The second kappa shape index (κ2) is 6.82. The first-order valence-corrected chi connectivity index (χ1v) is 8.35. The standard InChI is InChI=1S/C15H11Br3O/c16-12-9-5-4-8-11(12)15(19)14(18)13(17)10-6-2-1-3-7-10/h1-9,13-14H. The van der Waals surface area contributed by atoms with Gasteiger partial charge in [-0.15, -0.1) is 0 Å². The Morgan fingerprint density at radius 3 is 2.11 bits per heavy atom. The lowest BCUT2D eigenvalue weighted by atomic mass is 10.0. The van der Waals surface area contributed by atoms with Gasteiger partial charge in [-0.05, 0) is 11.6 Å². The number of benzene rings is 2. The van der Waals surface area contributed by atoms with Crippen LogP contribution in [0.5, 0.6) is 0 Å². The average molecular weight is 447 g/mol. The van der Waals surface area contributed by atoms with E-state index in [1.54, 1.807) is 0 Å². The van der Waals surface area contributed by atoms with Gasteiger partial charge in [0, 0.05) is 10.0 Å². The second-order valence-electron chi connectivity index (χ2n) is 4.06. The van der Waals surface area contributed by atoms with Gasteiger partial charge < -0.3 is 0 Å². The zero-order valence-corrected chi connectivity index (χ0v) is 14.7. The van der Waals surface area contributed by atoms with Crippen molar-refractivity contribution in [3.63, 3.8) is 0 Å². The van der Waals surface area contributed by atoms with Crippen LogP contribution in [0.2, 0.25) is 0 Å². The molecule has 1 nitrogen and oxygen atoms in total. The highest BCUT2D eigenvalue weighted by Gasteiger charge is 2.26. The summed E-state index contributed by atoms with van der Waals surface area (Å²) >= 11 is 10.5. The first-order valence-electron chi connectivity index (χ1n) is 5.73. The van der Waals surface area contributed by atoms with Crippen molar-refractivity contribution in [2.24, 2.45) is 0 Å². The van der Waals surface area contributed by atoms with Gasteiger partial charge in [0.2, 0.25) is 0 Å². The summed E-state index contributed by atoms with van der Waals surface area (Å²) in [4.78, 5) is 12.1. The van der Waals surface area contributed by atoms with E-state index in [9.17, 15) is 4.79 Å². The van der Waals surface area contributed by atoms with Gasteiger partial charge in [0.1, 0.15) is 0 Å². The molecular formula is C15H11Br3O. The first kappa shape index (κ1) is 14.9. The number of alkyl halides is 2. The van der Waals surface area contributed by atoms with Crippen molar-refractivity contribution in [3.8, 4) is 0 Å². The molecule has 19 heavy (non-hydrogen) atoms. The van der Waals surface area contributed by atoms with Crippen molar-refractivity contribution in [1.29, 1.82) is 0 Å². The largest absolute Gasteiger partial charge is 0.293 e. The molecular weight excluding hydrogens is 436 g/mol. The van der Waals surface area contributed by atoms with Crippen LogP contribution in [0.3, 0.4) is 0 Å². The monoisotopic (exact) mass is 444 g/mol. The van der Waals surface area contributed by atoms with Crippen LogP contribution >= 0.6 is 47.8 Å². The van der Waals surface area contributed by atoms with Crippen LogP contribution in [0.1, 0.15) is 20.7 Å². The summed E-state index contributed by atoms with van der Waals surface area (Å²) in [6, 6.07) is 17.4. The van der Waals surface area contributed by atoms with Gasteiger partial charge >= 0.3 is 0 Å². The van der Waals surface area contributed by atoms with Crippen LogP contribution in [0.15, 0.2) is 59.1 Å². The fourth-order valence-corrected chi connectivity index (χ4v) is 3.33. The molecule has 2 aromatic rings. The minimum Gasteiger partial charge on any atom is -0.293 e. The molecule has 2 atom stereocenters. The van der Waals surface area contributed by atoms with E-state index in [4.69, 9.17) is 0 Å². The Hall–Kier alpha value is -0.450. The highest BCUT2D eigenvalue weighted by Crippen LogP contribution is 2.34. The lowest BCUT2D eigenvalue weighted by molar-refractivity contribution is 0.0990. The molecule has 4 heteroatoms. The molecule has 0 spiro atoms. The fourth-order valence-electron chi connectivity index (χ4n) is 1.75. The average Bonchev–Trinajstić information content (AvgIpc) is 2.46. The van der Waals surface area contributed by atoms with Crippen LogP contribution in [0.25, 0.3) is 0 Å². The van der Waals surface area contributed by atoms with Gasteiger partial charge in [-0.2, -0.15) is 0 Å². The molecule has 0 aromatic heterocycles. The molecule has 0 bridgehead atoms. The van der Waals surface area contributed by atoms with E-state index >= 15 is 0 Å². The lowest BCUT2D eigenvalue weighted by Gasteiger charge is -2.16. The SMILES string of the molecule is O=C(c1ccccc1Br)C(Br)C(Br)c1ccccc1. The Morgan fingerprint density at radius 2 is 1.47 bits per heavy atom. The van der Waals surface area contributed by atoms with Crippen molar-refractivity contribution >= 4 is 53.6 Å². The third-order valence-electron chi connectivity index (χ3n) is 2.76. The van der Waals surface area contributed by atoms with Crippen LogP contribution < -0.4 is 0 Å². The van der Waals surface area contributed by atoms with Crippen molar-refractivity contribution in [1.82, 2.24) is 0 Å². The Morgan fingerprint density at radius 1 is 0.895 bits per heavy atom. The molecule has 0 heterocycles. The topological polar surface area (TPSA) is 17.1 Å². The number of ketones is 1. The maximum Gasteiger partial charge on any atom is 0.179 e. The van der Waals surface area contributed by atoms with Crippen molar-refractivity contribution in [3.05, 3.63) is 70.2 Å². The van der Waals surface area contributed by atoms with Gasteiger partial charge in [0.05, 0.1) is 9.65 Å². The highest BCUT2D eigenvalue weighted by molar-refractivity contribution is 9.12. The number of rotatable bonds is 4. The van der Waals surface area contributed by atoms with Gasteiger partial charge in [-0.3, -0.25) is 4.79 Å². The summed E-state index contributed by atoms with van der Waals surface area (Å²) in [6.45, 7) is 0. The molecule has 2 rings (SSSR count). The number of hydrogen-bond donors (Lipinski definition) is 0. The van der Waals surface area contributed by atoms with E-state index in [0.717, 1.165) is 10.0 Å². The summed E-state index contributed by atoms with van der Waals surface area (Å²) in [5.74, 6) is 0.0539. The van der Waals surface area contributed by atoms with E-state index in [1.165, 1.54) is 0 Å². The molecule has 98 valence electrons. The fraction of sp³-hybridized carbons (Fsp3) is 0.133. The molecule has 0 saturated carbocycles. The van der Waals surface area contributed by atoms with Crippen molar-refractivity contribution < 1.29 is 4.79 Å². The van der Waals surface area contributed by atoms with E-state index in [-0.39, 0.29) is 15.4 Å². The Kier molecular flexibility index (Phi) is 5.37. The van der Waals surface area contributed by atoms with Gasteiger partial charge in [-0.25, -0.2) is 0 Å². The van der Waals surface area contributed by atoms with E-state index in [2.05, 4.69) is 47.8 Å². The van der Waals surface area contributed by atoms with Crippen molar-refractivity contribution in [2.45, 2.75) is 9.65 Å². The number of hydrogen-bond acceptors (Lipinski definition) is 1. The maximum atomic E-state index is 12.5. The molecule has 2 unspecified atom stereocenters. The normalized spacial score (nSPS) is 13.8. The molecule has 0 aliphatic carbocycles. The summed E-state index contributed by atoms with van der Waals surface area (Å²) in [6.07, 6.45) is 0. The smallest absolute Gasteiger partial charge is 0.179 e. The maximum absolute atomic E-state index is 12.5. The highest BCUT2D eigenvalue weighted by atomic mass is 79.9.